The minimum Gasteiger partial charge on any atom is -0.497 e. The van der Waals surface area contributed by atoms with Gasteiger partial charge in [0.05, 0.1) is 20.8 Å². The lowest BCUT2D eigenvalue weighted by Gasteiger charge is -2.02. The summed E-state index contributed by atoms with van der Waals surface area (Å²) in [5, 5.41) is 8.18. The van der Waals surface area contributed by atoms with E-state index in [-0.39, 0.29) is 5.69 Å². The molecule has 0 fully saturated rings. The third-order valence-corrected chi connectivity index (χ3v) is 3.01. The van der Waals surface area contributed by atoms with Gasteiger partial charge in [-0.05, 0) is 33.6 Å². The Morgan fingerprint density at radius 3 is 2.53 bits per heavy atom. The summed E-state index contributed by atoms with van der Waals surface area (Å²) in [6, 6.07) is 7.53. The minimum atomic E-state index is -0.521. The van der Waals surface area contributed by atoms with Gasteiger partial charge in [0.15, 0.2) is 4.60 Å². The maximum absolute atomic E-state index is 11.4. The lowest BCUT2D eigenvalue weighted by Crippen LogP contribution is -2.07. The minimum absolute atomic E-state index is 0.163. The van der Waals surface area contributed by atoms with Crippen LogP contribution in [0.3, 0.4) is 0 Å². The van der Waals surface area contributed by atoms with Gasteiger partial charge in [-0.15, -0.1) is 10.2 Å². The second-order valence-corrected chi connectivity index (χ2v) is 4.46. The molecule has 1 aromatic carbocycles. The largest absolute Gasteiger partial charge is 0.497 e. The van der Waals surface area contributed by atoms with Gasteiger partial charge in [0.2, 0.25) is 5.69 Å². The third-order valence-electron chi connectivity index (χ3n) is 2.48. The molecule has 0 atom stereocenters. The zero-order valence-electron chi connectivity index (χ0n) is 10.5. The van der Waals surface area contributed by atoms with Crippen LogP contribution in [0.2, 0.25) is 0 Å². The quantitative estimate of drug-likeness (QED) is 0.803. The van der Waals surface area contributed by atoms with E-state index in [9.17, 15) is 4.79 Å². The number of carbonyl (C=O) groups excluding carboxylic acids is 1. The summed E-state index contributed by atoms with van der Waals surface area (Å²) in [4.78, 5) is 12.8. The van der Waals surface area contributed by atoms with Crippen LogP contribution in [0.25, 0.3) is 0 Å². The number of halogens is 1. The molecule has 0 aliphatic rings. The number of rotatable bonds is 4. The molecule has 0 saturated carbocycles. The van der Waals surface area contributed by atoms with E-state index in [0.29, 0.717) is 11.1 Å². The Labute approximate surface area is 118 Å². The van der Waals surface area contributed by atoms with Crippen molar-refractivity contribution in [3.63, 3.8) is 0 Å². The molecule has 2 aromatic rings. The van der Waals surface area contributed by atoms with Crippen molar-refractivity contribution in [1.82, 2.24) is 15.0 Å². The molecule has 0 aliphatic carbocycles. The molecule has 2 rings (SSSR count). The number of esters is 1. The zero-order valence-corrected chi connectivity index (χ0v) is 12.0. The molecule has 1 aromatic heterocycles. The topological polar surface area (TPSA) is 66.2 Å². The lowest BCUT2D eigenvalue weighted by molar-refractivity contribution is 0.0592. The Hall–Kier alpha value is -1.89. The van der Waals surface area contributed by atoms with Crippen molar-refractivity contribution in [3.8, 4) is 5.75 Å². The normalized spacial score (nSPS) is 10.3. The van der Waals surface area contributed by atoms with Crippen molar-refractivity contribution >= 4 is 21.9 Å². The molecular formula is C12H12BrN3O3. The van der Waals surface area contributed by atoms with Crippen LogP contribution >= 0.6 is 15.9 Å². The molecular weight excluding hydrogens is 314 g/mol. The van der Waals surface area contributed by atoms with Crippen LogP contribution in [-0.4, -0.2) is 35.2 Å². The first-order chi connectivity index (χ1) is 9.13. The summed E-state index contributed by atoms with van der Waals surface area (Å²) in [7, 11) is 2.92. The first-order valence-corrected chi connectivity index (χ1v) is 6.25. The average molecular weight is 326 g/mol. The molecule has 100 valence electrons. The predicted octanol–water partition coefficient (Wildman–Crippen LogP) is 1.88. The second-order valence-electron chi connectivity index (χ2n) is 3.71. The van der Waals surface area contributed by atoms with E-state index in [1.54, 1.807) is 7.11 Å². The lowest BCUT2D eigenvalue weighted by atomic mass is 10.2. The molecule has 1 heterocycles. The molecule has 0 saturated heterocycles. The standard InChI is InChI=1S/C12H12BrN3O3/c1-18-9-5-3-8(4-6-9)7-16-14-10(11(13)15-16)12(17)19-2/h3-6H,7H2,1-2H3. The highest BCUT2D eigenvalue weighted by molar-refractivity contribution is 9.10. The monoisotopic (exact) mass is 325 g/mol. The van der Waals surface area contributed by atoms with Gasteiger partial charge in [-0.2, -0.15) is 4.80 Å². The van der Waals surface area contributed by atoms with E-state index < -0.39 is 5.97 Å². The summed E-state index contributed by atoms with van der Waals surface area (Å²) in [6.45, 7) is 0.458. The van der Waals surface area contributed by atoms with Crippen molar-refractivity contribution in [1.29, 1.82) is 0 Å². The van der Waals surface area contributed by atoms with Gasteiger partial charge in [-0.25, -0.2) is 4.79 Å². The SMILES string of the molecule is COC(=O)c1nn(Cc2ccc(OC)cc2)nc1Br. The number of carbonyl (C=O) groups is 1. The molecule has 0 N–H and O–H groups in total. The van der Waals surface area contributed by atoms with Crippen LogP contribution in [0.1, 0.15) is 16.1 Å². The molecule has 7 heteroatoms. The fraction of sp³-hybridized carbons (Fsp3) is 0.250. The number of aromatic nitrogens is 3. The first kappa shape index (κ1) is 13.5. The van der Waals surface area contributed by atoms with E-state index in [1.165, 1.54) is 11.9 Å². The van der Waals surface area contributed by atoms with E-state index in [1.807, 2.05) is 24.3 Å². The zero-order chi connectivity index (χ0) is 13.8. The van der Waals surface area contributed by atoms with Gasteiger partial charge < -0.3 is 9.47 Å². The second kappa shape index (κ2) is 5.83. The van der Waals surface area contributed by atoms with E-state index in [4.69, 9.17) is 4.74 Å². The van der Waals surface area contributed by atoms with Crippen molar-refractivity contribution in [2.75, 3.05) is 14.2 Å². The Bertz CT molecular complexity index is 580. The number of benzene rings is 1. The Kier molecular flexibility index (Phi) is 4.16. The maximum Gasteiger partial charge on any atom is 0.361 e. The Balaban J connectivity index is 2.16. The van der Waals surface area contributed by atoms with Crippen LogP contribution in [0.5, 0.6) is 5.75 Å². The van der Waals surface area contributed by atoms with Gasteiger partial charge in [-0.3, -0.25) is 0 Å². The molecule has 0 unspecified atom stereocenters. The van der Waals surface area contributed by atoms with Crippen LogP contribution < -0.4 is 4.74 Å². The average Bonchev–Trinajstić information content (AvgIpc) is 2.79. The van der Waals surface area contributed by atoms with Crippen molar-refractivity contribution in [3.05, 3.63) is 40.1 Å². The van der Waals surface area contributed by atoms with Gasteiger partial charge in [0.1, 0.15) is 5.75 Å². The van der Waals surface area contributed by atoms with Gasteiger partial charge in [0, 0.05) is 0 Å². The summed E-state index contributed by atoms with van der Waals surface area (Å²) in [5.74, 6) is 0.265. The highest BCUT2D eigenvalue weighted by Gasteiger charge is 2.17. The number of methoxy groups -OCH3 is 2. The molecule has 0 aliphatic heterocycles. The van der Waals surface area contributed by atoms with Crippen LogP contribution in [-0.2, 0) is 11.3 Å². The number of hydrogen-bond donors (Lipinski definition) is 0. The number of nitrogens with zero attached hydrogens (tertiary/aromatic N) is 3. The van der Waals surface area contributed by atoms with Gasteiger partial charge in [-0.1, -0.05) is 12.1 Å². The molecule has 0 bridgehead atoms. The van der Waals surface area contributed by atoms with Crippen molar-refractivity contribution in [2.24, 2.45) is 0 Å². The molecule has 6 nitrogen and oxygen atoms in total. The number of hydrogen-bond acceptors (Lipinski definition) is 5. The van der Waals surface area contributed by atoms with E-state index in [0.717, 1.165) is 11.3 Å². The molecule has 0 spiro atoms. The highest BCUT2D eigenvalue weighted by atomic mass is 79.9. The maximum atomic E-state index is 11.4. The van der Waals surface area contributed by atoms with E-state index in [2.05, 4.69) is 30.9 Å². The fourth-order valence-electron chi connectivity index (χ4n) is 1.51. The summed E-state index contributed by atoms with van der Waals surface area (Å²) < 4.78 is 10.1. The Morgan fingerprint density at radius 2 is 1.95 bits per heavy atom. The molecule has 0 radical (unpaired) electrons. The summed E-state index contributed by atoms with van der Waals surface area (Å²) in [5.41, 5.74) is 1.16. The van der Waals surface area contributed by atoms with E-state index >= 15 is 0 Å². The van der Waals surface area contributed by atoms with Gasteiger partial charge >= 0.3 is 5.97 Å². The highest BCUT2D eigenvalue weighted by Crippen LogP contribution is 2.15. The van der Waals surface area contributed by atoms with Crippen LogP contribution in [0.15, 0.2) is 28.9 Å². The number of ether oxygens (including phenoxy) is 2. The molecule has 0 amide bonds. The summed E-state index contributed by atoms with van der Waals surface area (Å²) >= 11 is 3.18. The third kappa shape index (κ3) is 3.11. The van der Waals surface area contributed by atoms with Crippen LogP contribution in [0.4, 0.5) is 0 Å². The Morgan fingerprint density at radius 1 is 1.26 bits per heavy atom. The first-order valence-electron chi connectivity index (χ1n) is 5.46. The van der Waals surface area contributed by atoms with Crippen molar-refractivity contribution in [2.45, 2.75) is 6.54 Å². The molecule has 19 heavy (non-hydrogen) atoms. The summed E-state index contributed by atoms with van der Waals surface area (Å²) in [6.07, 6.45) is 0. The predicted molar refractivity (Wildman–Crippen MR) is 71.2 cm³/mol. The smallest absolute Gasteiger partial charge is 0.361 e. The fourth-order valence-corrected chi connectivity index (χ4v) is 1.94. The van der Waals surface area contributed by atoms with Crippen molar-refractivity contribution < 1.29 is 14.3 Å². The van der Waals surface area contributed by atoms with Gasteiger partial charge in [0.25, 0.3) is 0 Å². The van der Waals surface area contributed by atoms with Crippen LogP contribution in [0, 0.1) is 0 Å².